The Hall–Kier alpha value is -1.55. The first-order valence-electron chi connectivity index (χ1n) is 4.76. The number of fused-ring (bicyclic) bond motifs is 1. The molecule has 1 unspecified atom stereocenters. The molecule has 0 aliphatic heterocycles. The number of methoxy groups -OCH3 is 1. The Labute approximate surface area is 87.1 Å². The smallest absolute Gasteiger partial charge is 0.167 e. The molecule has 0 amide bonds. The molecule has 0 spiro atoms. The van der Waals surface area contributed by atoms with Crippen LogP contribution in [-0.4, -0.2) is 23.1 Å². The van der Waals surface area contributed by atoms with Gasteiger partial charge in [0, 0.05) is 19.1 Å². The summed E-state index contributed by atoms with van der Waals surface area (Å²) < 4.78 is 5.18. The van der Waals surface area contributed by atoms with Crippen molar-refractivity contribution in [1.29, 1.82) is 0 Å². The maximum Gasteiger partial charge on any atom is 0.167 e. The van der Waals surface area contributed by atoms with E-state index in [1.54, 1.807) is 0 Å². The third kappa shape index (κ3) is 1.47. The Morgan fingerprint density at radius 1 is 1.33 bits per heavy atom. The van der Waals surface area contributed by atoms with Crippen molar-refractivity contribution in [2.24, 2.45) is 0 Å². The summed E-state index contributed by atoms with van der Waals surface area (Å²) in [6.45, 7) is 0. The molecule has 0 saturated carbocycles. The third-order valence-corrected chi connectivity index (χ3v) is 2.72. The molecule has 0 fully saturated rings. The van der Waals surface area contributed by atoms with Gasteiger partial charge in [-0.1, -0.05) is 0 Å². The Balaban J connectivity index is 2.65. The summed E-state index contributed by atoms with van der Waals surface area (Å²) >= 11 is 0. The molecular formula is C11H12O4. The summed E-state index contributed by atoms with van der Waals surface area (Å²) in [7, 11) is 1.52. The number of phenolic OH excluding ortho intramolecular Hbond substituents is 2. The van der Waals surface area contributed by atoms with E-state index in [0.29, 0.717) is 18.4 Å². The third-order valence-electron chi connectivity index (χ3n) is 2.72. The van der Waals surface area contributed by atoms with Gasteiger partial charge in [0.2, 0.25) is 0 Å². The van der Waals surface area contributed by atoms with Gasteiger partial charge in [-0.3, -0.25) is 4.79 Å². The van der Waals surface area contributed by atoms with Crippen molar-refractivity contribution in [3.63, 3.8) is 0 Å². The highest BCUT2D eigenvalue weighted by atomic mass is 16.5. The average Bonchev–Trinajstić information content (AvgIpc) is 2.23. The molecule has 2 N–H and O–H groups in total. The second-order valence-corrected chi connectivity index (χ2v) is 3.58. The lowest BCUT2D eigenvalue weighted by molar-refractivity contribution is 0.0718. The van der Waals surface area contributed by atoms with Crippen molar-refractivity contribution in [2.45, 2.75) is 18.9 Å². The minimum Gasteiger partial charge on any atom is -0.508 e. The van der Waals surface area contributed by atoms with Crippen LogP contribution in [0.2, 0.25) is 0 Å². The van der Waals surface area contributed by atoms with Gasteiger partial charge in [-0.2, -0.15) is 0 Å². The molecule has 1 aliphatic rings. The summed E-state index contributed by atoms with van der Waals surface area (Å²) in [5.74, 6) is -0.232. The van der Waals surface area contributed by atoms with Crippen LogP contribution < -0.4 is 0 Å². The van der Waals surface area contributed by atoms with Crippen LogP contribution in [0.3, 0.4) is 0 Å². The fourth-order valence-corrected chi connectivity index (χ4v) is 1.98. The van der Waals surface area contributed by atoms with E-state index in [4.69, 9.17) is 4.74 Å². The second-order valence-electron chi connectivity index (χ2n) is 3.58. The molecule has 15 heavy (non-hydrogen) atoms. The van der Waals surface area contributed by atoms with Crippen LogP contribution in [0.4, 0.5) is 0 Å². The highest BCUT2D eigenvalue weighted by Crippen LogP contribution is 2.41. The first-order chi connectivity index (χ1) is 7.15. The molecule has 0 saturated heterocycles. The average molecular weight is 208 g/mol. The van der Waals surface area contributed by atoms with Crippen molar-refractivity contribution in [3.8, 4) is 11.5 Å². The second kappa shape index (κ2) is 3.55. The van der Waals surface area contributed by atoms with E-state index in [1.807, 2.05) is 0 Å². The fraction of sp³-hybridized carbons (Fsp3) is 0.364. The van der Waals surface area contributed by atoms with Crippen LogP contribution in [0.1, 0.15) is 34.9 Å². The number of Topliss-reactive ketones (excluding diaryl/α,β-unsaturated/α-hetero) is 1. The number of carbonyl (C=O) groups is 1. The molecule has 1 atom stereocenters. The van der Waals surface area contributed by atoms with Crippen LogP contribution in [0.15, 0.2) is 12.1 Å². The van der Waals surface area contributed by atoms with Crippen LogP contribution in [0.5, 0.6) is 11.5 Å². The molecule has 2 rings (SSSR count). The van der Waals surface area contributed by atoms with E-state index in [1.165, 1.54) is 19.2 Å². The largest absolute Gasteiger partial charge is 0.508 e. The van der Waals surface area contributed by atoms with Crippen molar-refractivity contribution in [1.82, 2.24) is 0 Å². The summed E-state index contributed by atoms with van der Waals surface area (Å²) in [4.78, 5) is 11.6. The predicted octanol–water partition coefficient (Wildman–Crippen LogP) is 1.76. The van der Waals surface area contributed by atoms with Gasteiger partial charge in [0.1, 0.15) is 11.5 Å². The van der Waals surface area contributed by atoms with E-state index in [2.05, 4.69) is 0 Å². The normalized spacial score (nSPS) is 20.1. The minimum absolute atomic E-state index is 0.00250. The van der Waals surface area contributed by atoms with Gasteiger partial charge in [0.15, 0.2) is 5.78 Å². The Morgan fingerprint density at radius 3 is 2.67 bits per heavy atom. The van der Waals surface area contributed by atoms with Gasteiger partial charge in [0.25, 0.3) is 0 Å². The van der Waals surface area contributed by atoms with Gasteiger partial charge in [-0.05, 0) is 18.6 Å². The van der Waals surface area contributed by atoms with Crippen molar-refractivity contribution >= 4 is 5.78 Å². The van der Waals surface area contributed by atoms with E-state index in [-0.39, 0.29) is 28.9 Å². The van der Waals surface area contributed by atoms with Crippen LogP contribution >= 0.6 is 0 Å². The highest BCUT2D eigenvalue weighted by Gasteiger charge is 2.30. The number of ether oxygens (including phenoxy) is 1. The van der Waals surface area contributed by atoms with Crippen LogP contribution in [0, 0.1) is 0 Å². The molecule has 0 radical (unpaired) electrons. The number of carbonyl (C=O) groups excluding carboxylic acids is 1. The molecule has 4 heteroatoms. The van der Waals surface area contributed by atoms with Gasteiger partial charge in [0.05, 0.1) is 11.7 Å². The maximum atomic E-state index is 11.6. The summed E-state index contributed by atoms with van der Waals surface area (Å²) in [5.41, 5.74) is 0.613. The number of hydrogen-bond donors (Lipinski definition) is 2. The van der Waals surface area contributed by atoms with E-state index in [0.717, 1.165) is 0 Å². The van der Waals surface area contributed by atoms with Crippen molar-refractivity contribution in [3.05, 3.63) is 23.3 Å². The van der Waals surface area contributed by atoms with E-state index >= 15 is 0 Å². The molecule has 1 aromatic rings. The Morgan fingerprint density at radius 2 is 2.00 bits per heavy atom. The first-order valence-corrected chi connectivity index (χ1v) is 4.76. The van der Waals surface area contributed by atoms with Crippen LogP contribution in [-0.2, 0) is 4.74 Å². The number of aromatic hydroxyl groups is 2. The SMILES string of the molecule is COC1CCC(=O)c2c(O)ccc(O)c21. The van der Waals surface area contributed by atoms with E-state index in [9.17, 15) is 15.0 Å². The topological polar surface area (TPSA) is 66.8 Å². The lowest BCUT2D eigenvalue weighted by atomic mass is 9.87. The van der Waals surface area contributed by atoms with Gasteiger partial charge in [-0.25, -0.2) is 0 Å². The standard InChI is InChI=1S/C11H12O4/c1-15-9-5-4-7(13)10-6(12)2-3-8(14)11(9)10/h2-3,9,12,14H,4-5H2,1H3. The molecule has 1 aromatic carbocycles. The maximum absolute atomic E-state index is 11.6. The zero-order valence-corrected chi connectivity index (χ0v) is 8.36. The van der Waals surface area contributed by atoms with Crippen molar-refractivity contribution < 1.29 is 19.7 Å². The zero-order valence-electron chi connectivity index (χ0n) is 8.36. The molecule has 1 aliphatic carbocycles. The number of rotatable bonds is 1. The number of phenols is 2. The van der Waals surface area contributed by atoms with Crippen LogP contribution in [0.25, 0.3) is 0 Å². The number of hydrogen-bond acceptors (Lipinski definition) is 4. The number of benzene rings is 1. The summed E-state index contributed by atoms with van der Waals surface area (Å²) in [6, 6.07) is 2.70. The molecule has 0 bridgehead atoms. The van der Waals surface area contributed by atoms with E-state index < -0.39 is 0 Å². The fourth-order valence-electron chi connectivity index (χ4n) is 1.98. The molecule has 80 valence electrons. The quantitative estimate of drug-likeness (QED) is 0.690. The highest BCUT2D eigenvalue weighted by molar-refractivity contribution is 6.01. The van der Waals surface area contributed by atoms with Gasteiger partial charge in [-0.15, -0.1) is 0 Å². The van der Waals surface area contributed by atoms with Gasteiger partial charge >= 0.3 is 0 Å². The summed E-state index contributed by atoms with van der Waals surface area (Å²) in [6.07, 6.45) is 0.562. The monoisotopic (exact) mass is 208 g/mol. The first kappa shape index (κ1) is 9.98. The summed E-state index contributed by atoms with van der Waals surface area (Å²) in [5, 5.41) is 19.2. The number of ketones is 1. The van der Waals surface area contributed by atoms with Gasteiger partial charge < -0.3 is 14.9 Å². The molecular weight excluding hydrogens is 196 g/mol. The minimum atomic E-state index is -0.315. The molecule has 0 heterocycles. The lowest BCUT2D eigenvalue weighted by Gasteiger charge is -2.24. The Bertz CT molecular complexity index is 411. The predicted molar refractivity (Wildman–Crippen MR) is 53.1 cm³/mol. The van der Waals surface area contributed by atoms with Crippen molar-refractivity contribution in [2.75, 3.05) is 7.11 Å². The molecule has 0 aromatic heterocycles. The lowest BCUT2D eigenvalue weighted by Crippen LogP contribution is -2.17. The zero-order chi connectivity index (χ0) is 11.0. The molecule has 4 nitrogen and oxygen atoms in total. The Kier molecular flexibility index (Phi) is 2.36.